The van der Waals surface area contributed by atoms with Gasteiger partial charge in [-0.25, -0.2) is 0 Å². The maximum absolute atomic E-state index is 4.85. The highest BCUT2D eigenvalue weighted by Gasteiger charge is 2.17. The summed E-state index contributed by atoms with van der Waals surface area (Å²) in [6.07, 6.45) is 1.15. The van der Waals surface area contributed by atoms with E-state index in [1.54, 1.807) is 0 Å². The number of nitrogens with zero attached hydrogens (tertiary/aromatic N) is 1. The molecule has 2 rings (SSSR count). The van der Waals surface area contributed by atoms with Crippen molar-refractivity contribution < 1.29 is 0 Å². The molecule has 0 spiro atoms. The van der Waals surface area contributed by atoms with Crippen molar-refractivity contribution in [2.24, 2.45) is 5.92 Å². The van der Waals surface area contributed by atoms with Crippen LogP contribution in [0.5, 0.6) is 0 Å². The third-order valence-corrected chi connectivity index (χ3v) is 3.54. The zero-order valence-electron chi connectivity index (χ0n) is 12.4. The fourth-order valence-electron chi connectivity index (χ4n) is 2.52. The molecule has 2 heteroatoms. The van der Waals surface area contributed by atoms with E-state index < -0.39 is 0 Å². The fraction of sp³-hybridized carbons (Fsp3) is 0.471. The number of rotatable bonds is 5. The molecule has 1 aromatic carbocycles. The molecule has 1 heterocycles. The molecule has 0 saturated heterocycles. The van der Waals surface area contributed by atoms with Crippen LogP contribution in [0, 0.1) is 12.8 Å². The molecule has 2 aromatic rings. The van der Waals surface area contributed by atoms with E-state index in [0.717, 1.165) is 18.5 Å². The van der Waals surface area contributed by atoms with E-state index in [4.69, 9.17) is 4.98 Å². The molecule has 1 atom stereocenters. The van der Waals surface area contributed by atoms with Crippen molar-refractivity contribution in [1.82, 2.24) is 10.3 Å². The lowest BCUT2D eigenvalue weighted by molar-refractivity contribution is 0.405. The predicted octanol–water partition coefficient (Wildman–Crippen LogP) is 4.24. The molecule has 1 unspecified atom stereocenters. The summed E-state index contributed by atoms with van der Waals surface area (Å²) < 4.78 is 0. The Hall–Kier alpha value is -1.41. The van der Waals surface area contributed by atoms with Crippen LogP contribution in [0.1, 0.15) is 44.5 Å². The zero-order valence-corrected chi connectivity index (χ0v) is 12.4. The van der Waals surface area contributed by atoms with Gasteiger partial charge in [0.15, 0.2) is 0 Å². The largest absolute Gasteiger partial charge is 0.308 e. The molecular formula is C17H24N2. The third-order valence-electron chi connectivity index (χ3n) is 3.54. The van der Waals surface area contributed by atoms with E-state index in [1.165, 1.54) is 16.6 Å². The molecule has 19 heavy (non-hydrogen) atoms. The van der Waals surface area contributed by atoms with Crippen LogP contribution < -0.4 is 5.32 Å². The smallest absolute Gasteiger partial charge is 0.0708 e. The normalized spacial score (nSPS) is 13.1. The first-order valence-corrected chi connectivity index (χ1v) is 7.23. The van der Waals surface area contributed by atoms with Crippen molar-refractivity contribution in [3.05, 3.63) is 41.6 Å². The van der Waals surface area contributed by atoms with E-state index >= 15 is 0 Å². The molecule has 0 aliphatic rings. The number of benzene rings is 1. The summed E-state index contributed by atoms with van der Waals surface area (Å²) in [7, 11) is 0. The Balaban J connectivity index is 2.42. The van der Waals surface area contributed by atoms with E-state index in [1.807, 2.05) is 0 Å². The fourth-order valence-corrected chi connectivity index (χ4v) is 2.52. The summed E-state index contributed by atoms with van der Waals surface area (Å²) in [5.74, 6) is 0.541. The first kappa shape index (κ1) is 14.0. The number of aryl methyl sites for hydroxylation is 1. The molecule has 0 fully saturated rings. The van der Waals surface area contributed by atoms with Gasteiger partial charge in [-0.3, -0.25) is 4.98 Å². The standard InChI is InChI=1S/C17H24N2/c1-5-10-18-17(12(2)3)16-11-13(4)14-8-6-7-9-15(14)19-16/h6-9,11-12,17-18H,5,10H2,1-4H3. The van der Waals surface area contributed by atoms with Crippen molar-refractivity contribution in [3.8, 4) is 0 Å². The van der Waals surface area contributed by atoms with Crippen LogP contribution in [-0.2, 0) is 0 Å². The Kier molecular flexibility index (Phi) is 4.54. The van der Waals surface area contributed by atoms with Crippen molar-refractivity contribution in [2.75, 3.05) is 6.54 Å². The monoisotopic (exact) mass is 256 g/mol. The lowest BCUT2D eigenvalue weighted by atomic mass is 9.97. The van der Waals surface area contributed by atoms with Gasteiger partial charge in [-0.15, -0.1) is 0 Å². The molecule has 0 aliphatic carbocycles. The summed E-state index contributed by atoms with van der Waals surface area (Å²) in [6, 6.07) is 10.9. The minimum absolute atomic E-state index is 0.336. The summed E-state index contributed by atoms with van der Waals surface area (Å²) >= 11 is 0. The number of hydrogen-bond donors (Lipinski definition) is 1. The van der Waals surface area contributed by atoms with Crippen molar-refractivity contribution >= 4 is 10.9 Å². The van der Waals surface area contributed by atoms with Gasteiger partial charge in [0.05, 0.1) is 17.3 Å². The first-order chi connectivity index (χ1) is 9.13. The Morgan fingerprint density at radius 3 is 2.63 bits per heavy atom. The van der Waals surface area contributed by atoms with Crippen LogP contribution in [0.4, 0.5) is 0 Å². The van der Waals surface area contributed by atoms with Crippen LogP contribution in [0.3, 0.4) is 0 Å². The lowest BCUT2D eigenvalue weighted by Crippen LogP contribution is -2.27. The van der Waals surface area contributed by atoms with Gasteiger partial charge in [-0.2, -0.15) is 0 Å². The highest BCUT2D eigenvalue weighted by atomic mass is 14.9. The number of nitrogens with one attached hydrogen (secondary N) is 1. The molecular weight excluding hydrogens is 232 g/mol. The van der Waals surface area contributed by atoms with Crippen molar-refractivity contribution in [3.63, 3.8) is 0 Å². The number of hydrogen-bond acceptors (Lipinski definition) is 2. The van der Waals surface area contributed by atoms with Gasteiger partial charge >= 0.3 is 0 Å². The second kappa shape index (κ2) is 6.16. The van der Waals surface area contributed by atoms with Crippen molar-refractivity contribution in [2.45, 2.75) is 40.2 Å². The second-order valence-corrected chi connectivity index (χ2v) is 5.56. The van der Waals surface area contributed by atoms with Crippen LogP contribution >= 0.6 is 0 Å². The van der Waals surface area contributed by atoms with Crippen LogP contribution in [0.15, 0.2) is 30.3 Å². The van der Waals surface area contributed by atoms with E-state index in [2.05, 4.69) is 63.3 Å². The third kappa shape index (κ3) is 3.13. The van der Waals surface area contributed by atoms with Gasteiger partial charge in [-0.05, 0) is 43.5 Å². The molecule has 0 amide bonds. The SMILES string of the molecule is CCCNC(c1cc(C)c2ccccc2n1)C(C)C. The van der Waals surface area contributed by atoms with Crippen LogP contribution in [-0.4, -0.2) is 11.5 Å². The molecule has 102 valence electrons. The van der Waals surface area contributed by atoms with Gasteiger partial charge in [0.2, 0.25) is 0 Å². The second-order valence-electron chi connectivity index (χ2n) is 5.56. The van der Waals surface area contributed by atoms with E-state index in [0.29, 0.717) is 12.0 Å². The van der Waals surface area contributed by atoms with Crippen LogP contribution in [0.25, 0.3) is 10.9 Å². The summed E-state index contributed by atoms with van der Waals surface area (Å²) in [4.78, 5) is 4.85. The minimum atomic E-state index is 0.336. The first-order valence-electron chi connectivity index (χ1n) is 7.23. The molecule has 1 aromatic heterocycles. The highest BCUT2D eigenvalue weighted by Crippen LogP contribution is 2.25. The van der Waals surface area contributed by atoms with Gasteiger partial charge < -0.3 is 5.32 Å². The molecule has 0 bridgehead atoms. The molecule has 0 saturated carbocycles. The average Bonchev–Trinajstić information content (AvgIpc) is 2.39. The van der Waals surface area contributed by atoms with E-state index in [9.17, 15) is 0 Å². The lowest BCUT2D eigenvalue weighted by Gasteiger charge is -2.22. The molecule has 2 nitrogen and oxygen atoms in total. The summed E-state index contributed by atoms with van der Waals surface area (Å²) in [5, 5.41) is 4.87. The maximum Gasteiger partial charge on any atom is 0.0708 e. The number of para-hydroxylation sites is 1. The summed E-state index contributed by atoms with van der Waals surface area (Å²) in [5.41, 5.74) is 3.57. The Bertz CT molecular complexity index is 546. The zero-order chi connectivity index (χ0) is 13.8. The quantitative estimate of drug-likeness (QED) is 0.865. The summed E-state index contributed by atoms with van der Waals surface area (Å²) in [6.45, 7) is 9.91. The van der Waals surface area contributed by atoms with Gasteiger partial charge in [0.1, 0.15) is 0 Å². The average molecular weight is 256 g/mol. The van der Waals surface area contributed by atoms with Gasteiger partial charge in [0, 0.05) is 5.39 Å². The molecule has 0 aliphatic heterocycles. The number of aromatic nitrogens is 1. The Morgan fingerprint density at radius 2 is 1.95 bits per heavy atom. The van der Waals surface area contributed by atoms with Gasteiger partial charge in [0.25, 0.3) is 0 Å². The topological polar surface area (TPSA) is 24.9 Å². The number of pyridine rings is 1. The number of fused-ring (bicyclic) bond motifs is 1. The Morgan fingerprint density at radius 1 is 1.21 bits per heavy atom. The van der Waals surface area contributed by atoms with Crippen molar-refractivity contribution in [1.29, 1.82) is 0 Å². The van der Waals surface area contributed by atoms with Crippen LogP contribution in [0.2, 0.25) is 0 Å². The minimum Gasteiger partial charge on any atom is -0.308 e. The highest BCUT2D eigenvalue weighted by molar-refractivity contribution is 5.82. The maximum atomic E-state index is 4.85. The predicted molar refractivity (Wildman–Crippen MR) is 82.4 cm³/mol. The molecule has 1 N–H and O–H groups in total. The van der Waals surface area contributed by atoms with Gasteiger partial charge in [-0.1, -0.05) is 39.0 Å². The Labute approximate surface area is 116 Å². The molecule has 0 radical (unpaired) electrons. The van der Waals surface area contributed by atoms with E-state index in [-0.39, 0.29) is 0 Å².